The first-order chi connectivity index (χ1) is 11.6. The van der Waals surface area contributed by atoms with Crippen LogP contribution in [0.1, 0.15) is 46.5 Å². The molecule has 0 saturated carbocycles. The molecule has 0 aromatic heterocycles. The molecule has 4 heteroatoms. The van der Waals surface area contributed by atoms with E-state index in [1.54, 1.807) is 0 Å². The first kappa shape index (κ1) is 18.6. The van der Waals surface area contributed by atoms with Gasteiger partial charge in [0.25, 0.3) is 0 Å². The fourth-order valence-corrected chi connectivity index (χ4v) is 4.89. The van der Waals surface area contributed by atoms with E-state index in [0.29, 0.717) is 0 Å². The molecular formula is C20H38N4. The predicted molar refractivity (Wildman–Crippen MR) is 101 cm³/mol. The number of hydrogen-bond acceptors (Lipinski definition) is 4. The zero-order valence-corrected chi connectivity index (χ0v) is 16.2. The predicted octanol–water partition coefficient (Wildman–Crippen LogP) is 2.45. The van der Waals surface area contributed by atoms with Crippen LogP contribution in [0.25, 0.3) is 0 Å². The molecule has 2 radical (unpaired) electrons. The standard InChI is InChI=1S/C20H38N4/c1-18-14-19(2)16-23(15-18)13-12-22-11-10-21(17-22)7-5-9-24-8-4-6-20(24)3/h18-20H,4-16H2,1-3H3/t18-,19+,20?. The summed E-state index contributed by atoms with van der Waals surface area (Å²) in [7, 11) is 0. The Balaban J connectivity index is 1.28. The highest BCUT2D eigenvalue weighted by atomic mass is 15.4. The maximum Gasteiger partial charge on any atom is 0.146 e. The second kappa shape index (κ2) is 8.98. The number of piperidine rings is 1. The summed E-state index contributed by atoms with van der Waals surface area (Å²) < 4.78 is 0. The molecule has 3 rings (SSSR count). The summed E-state index contributed by atoms with van der Waals surface area (Å²) in [6, 6.07) is 0.808. The summed E-state index contributed by atoms with van der Waals surface area (Å²) in [5, 5.41) is 0. The quantitative estimate of drug-likeness (QED) is 0.709. The lowest BCUT2D eigenvalue weighted by atomic mass is 9.92. The largest absolute Gasteiger partial charge is 0.302 e. The van der Waals surface area contributed by atoms with Gasteiger partial charge in [0, 0.05) is 51.9 Å². The van der Waals surface area contributed by atoms with Crippen molar-refractivity contribution in [2.45, 2.75) is 52.5 Å². The van der Waals surface area contributed by atoms with Crippen molar-refractivity contribution in [3.63, 3.8) is 0 Å². The second-order valence-electron chi connectivity index (χ2n) is 8.66. The van der Waals surface area contributed by atoms with Gasteiger partial charge in [-0.15, -0.1) is 0 Å². The highest BCUT2D eigenvalue weighted by molar-refractivity contribution is 4.83. The summed E-state index contributed by atoms with van der Waals surface area (Å²) >= 11 is 0. The van der Waals surface area contributed by atoms with Crippen molar-refractivity contribution in [1.82, 2.24) is 19.6 Å². The van der Waals surface area contributed by atoms with Gasteiger partial charge in [0.1, 0.15) is 6.67 Å². The lowest BCUT2D eigenvalue weighted by molar-refractivity contribution is 0.129. The lowest BCUT2D eigenvalue weighted by Crippen LogP contribution is -2.42. The van der Waals surface area contributed by atoms with Crippen molar-refractivity contribution in [3.05, 3.63) is 6.67 Å². The minimum atomic E-state index is 0.808. The van der Waals surface area contributed by atoms with Crippen LogP contribution in [0.5, 0.6) is 0 Å². The zero-order valence-electron chi connectivity index (χ0n) is 16.2. The molecule has 0 aromatic rings. The fourth-order valence-electron chi connectivity index (χ4n) is 4.89. The van der Waals surface area contributed by atoms with Crippen molar-refractivity contribution < 1.29 is 0 Å². The van der Waals surface area contributed by atoms with E-state index in [0.717, 1.165) is 24.4 Å². The van der Waals surface area contributed by atoms with Gasteiger partial charge < -0.3 is 9.80 Å². The molecule has 3 aliphatic rings. The van der Waals surface area contributed by atoms with E-state index in [2.05, 4.69) is 47.0 Å². The topological polar surface area (TPSA) is 13.0 Å². The van der Waals surface area contributed by atoms with Crippen LogP contribution in [-0.2, 0) is 0 Å². The molecule has 0 amide bonds. The van der Waals surface area contributed by atoms with Gasteiger partial charge >= 0.3 is 0 Å². The van der Waals surface area contributed by atoms with Crippen LogP contribution in [-0.4, -0.2) is 84.5 Å². The Labute approximate surface area is 150 Å². The minimum absolute atomic E-state index is 0.808. The number of likely N-dealkylation sites (tertiary alicyclic amines) is 2. The van der Waals surface area contributed by atoms with Crippen LogP contribution in [0.2, 0.25) is 0 Å². The Kier molecular flexibility index (Phi) is 6.97. The summed E-state index contributed by atoms with van der Waals surface area (Å²) in [6.07, 6.45) is 5.47. The third kappa shape index (κ3) is 5.42. The Morgan fingerprint density at radius 3 is 2.21 bits per heavy atom. The van der Waals surface area contributed by atoms with E-state index in [4.69, 9.17) is 0 Å². The highest BCUT2D eigenvalue weighted by Gasteiger charge is 2.25. The molecular weight excluding hydrogens is 296 g/mol. The number of rotatable bonds is 7. The summed E-state index contributed by atoms with van der Waals surface area (Å²) in [5.41, 5.74) is 0. The summed E-state index contributed by atoms with van der Waals surface area (Å²) in [4.78, 5) is 10.2. The molecule has 3 fully saturated rings. The average Bonchev–Trinajstić information content (AvgIpc) is 3.14. The van der Waals surface area contributed by atoms with Crippen molar-refractivity contribution in [2.75, 3.05) is 58.9 Å². The third-order valence-corrected chi connectivity index (χ3v) is 6.12. The molecule has 3 saturated heterocycles. The van der Waals surface area contributed by atoms with Gasteiger partial charge in [-0.1, -0.05) is 13.8 Å². The van der Waals surface area contributed by atoms with E-state index >= 15 is 0 Å². The highest BCUT2D eigenvalue weighted by Crippen LogP contribution is 2.21. The van der Waals surface area contributed by atoms with Crippen molar-refractivity contribution in [3.8, 4) is 0 Å². The molecule has 1 unspecified atom stereocenters. The molecule has 138 valence electrons. The van der Waals surface area contributed by atoms with Crippen molar-refractivity contribution >= 4 is 0 Å². The Hall–Kier alpha value is -0.160. The van der Waals surface area contributed by atoms with E-state index in [1.165, 1.54) is 78.0 Å². The van der Waals surface area contributed by atoms with E-state index in [9.17, 15) is 0 Å². The Bertz CT molecular complexity index is 365. The van der Waals surface area contributed by atoms with Crippen LogP contribution in [0, 0.1) is 18.5 Å². The summed E-state index contributed by atoms with van der Waals surface area (Å²) in [6.45, 7) is 21.8. The molecule has 24 heavy (non-hydrogen) atoms. The molecule has 3 aliphatic heterocycles. The maximum atomic E-state index is 3.61. The van der Waals surface area contributed by atoms with Gasteiger partial charge in [0.15, 0.2) is 0 Å². The van der Waals surface area contributed by atoms with Crippen LogP contribution >= 0.6 is 0 Å². The summed E-state index contributed by atoms with van der Waals surface area (Å²) in [5.74, 6) is 1.73. The van der Waals surface area contributed by atoms with Gasteiger partial charge in [-0.05, 0) is 57.5 Å². The third-order valence-electron chi connectivity index (χ3n) is 6.12. The van der Waals surface area contributed by atoms with Crippen LogP contribution in [0.3, 0.4) is 0 Å². The monoisotopic (exact) mass is 334 g/mol. The first-order valence-electron chi connectivity index (χ1n) is 10.3. The van der Waals surface area contributed by atoms with Gasteiger partial charge in [-0.3, -0.25) is 9.80 Å². The Morgan fingerprint density at radius 1 is 0.833 bits per heavy atom. The fraction of sp³-hybridized carbons (Fsp3) is 0.950. The minimum Gasteiger partial charge on any atom is -0.302 e. The molecule has 3 heterocycles. The number of hydrogen-bond donors (Lipinski definition) is 0. The average molecular weight is 335 g/mol. The molecule has 0 aliphatic carbocycles. The van der Waals surface area contributed by atoms with E-state index in [-0.39, 0.29) is 0 Å². The Morgan fingerprint density at radius 2 is 1.54 bits per heavy atom. The van der Waals surface area contributed by atoms with Crippen LogP contribution in [0.4, 0.5) is 0 Å². The van der Waals surface area contributed by atoms with E-state index in [1.807, 2.05) is 0 Å². The van der Waals surface area contributed by atoms with Gasteiger partial charge in [0.05, 0.1) is 0 Å². The molecule has 4 nitrogen and oxygen atoms in total. The maximum absolute atomic E-state index is 3.61. The van der Waals surface area contributed by atoms with Crippen molar-refractivity contribution in [2.24, 2.45) is 11.8 Å². The van der Waals surface area contributed by atoms with Gasteiger partial charge in [-0.25, -0.2) is 0 Å². The van der Waals surface area contributed by atoms with Gasteiger partial charge in [-0.2, -0.15) is 0 Å². The van der Waals surface area contributed by atoms with Gasteiger partial charge in [0.2, 0.25) is 0 Å². The number of nitrogens with zero attached hydrogens (tertiary/aromatic N) is 4. The van der Waals surface area contributed by atoms with Crippen molar-refractivity contribution in [1.29, 1.82) is 0 Å². The molecule has 0 bridgehead atoms. The zero-order chi connectivity index (χ0) is 16.9. The van der Waals surface area contributed by atoms with Crippen LogP contribution in [0.15, 0.2) is 0 Å². The molecule has 3 atom stereocenters. The first-order valence-corrected chi connectivity index (χ1v) is 10.3. The molecule has 0 spiro atoms. The molecule has 0 aromatic carbocycles. The normalized spacial score (nSPS) is 34.4. The van der Waals surface area contributed by atoms with E-state index < -0.39 is 0 Å². The smallest absolute Gasteiger partial charge is 0.146 e. The SMILES string of the molecule is CC1CCCN1CCCN1[C]N(CCN2C[C@H](C)C[C@H](C)C2)CC1. The molecule has 0 N–H and O–H groups in total. The van der Waals surface area contributed by atoms with Crippen LogP contribution < -0.4 is 0 Å². The second-order valence-corrected chi connectivity index (χ2v) is 8.66. The lowest BCUT2D eigenvalue weighted by Gasteiger charge is -2.35.